The minimum atomic E-state index is -6.57. The summed E-state index contributed by atoms with van der Waals surface area (Å²) in [6.07, 6.45) is -13.2. The summed E-state index contributed by atoms with van der Waals surface area (Å²) in [5, 5.41) is 32.8. The molecule has 0 amide bonds. The Morgan fingerprint density at radius 3 is 2.16 bits per heavy atom. The molecule has 4 aliphatic heterocycles. The molecule has 10 rings (SSSR count). The second kappa shape index (κ2) is 19.6. The van der Waals surface area contributed by atoms with E-state index in [-0.39, 0.29) is 51.2 Å². The molecule has 11 N–H and O–H groups in total. The van der Waals surface area contributed by atoms with Crippen molar-refractivity contribution in [3.63, 3.8) is 0 Å². The number of anilines is 3. The first-order valence-electron chi connectivity index (χ1n) is 21.6. The Morgan fingerprint density at radius 2 is 1.43 bits per heavy atom. The van der Waals surface area contributed by atoms with Gasteiger partial charge in [0.05, 0.1) is 46.1 Å². The molecule has 0 aromatic carbocycles. The van der Waals surface area contributed by atoms with Gasteiger partial charge in [-0.25, -0.2) is 33.1 Å². The molecular weight excluding hydrogens is 1110 g/mol. The Morgan fingerprint density at radius 1 is 0.789 bits per heavy atom. The Balaban J connectivity index is 0.813. The Hall–Kier alpha value is -5.15. The summed E-state index contributed by atoms with van der Waals surface area (Å²) in [6.45, 7) is -4.32. The first-order chi connectivity index (χ1) is 35.7. The summed E-state index contributed by atoms with van der Waals surface area (Å²) < 4.78 is 114. The van der Waals surface area contributed by atoms with Crippen molar-refractivity contribution < 1.29 is 108 Å². The van der Waals surface area contributed by atoms with Crippen molar-refractivity contribution in [3.8, 4) is 0 Å². The average molecular weight is 1150 g/mol. The molecule has 6 aromatic rings. The van der Waals surface area contributed by atoms with Crippen LogP contribution in [0, 0.1) is 0 Å². The Bertz CT molecular complexity index is 3560. The van der Waals surface area contributed by atoms with E-state index in [9.17, 15) is 62.7 Å². The lowest BCUT2D eigenvalue weighted by atomic mass is 10.0. The predicted octanol–water partition coefficient (Wildman–Crippen LogP) is -6.83. The topological polar surface area (TPSA) is 563 Å². The van der Waals surface area contributed by atoms with Crippen LogP contribution >= 0.6 is 31.3 Å². The van der Waals surface area contributed by atoms with Gasteiger partial charge in [-0.2, -0.15) is 4.98 Å². The lowest BCUT2D eigenvalue weighted by Gasteiger charge is -2.37. The van der Waals surface area contributed by atoms with E-state index in [1.165, 1.54) is 27.1 Å². The molecule has 0 saturated carbocycles. The molecule has 0 radical (unpaired) electrons. The summed E-state index contributed by atoms with van der Waals surface area (Å²) in [4.78, 5) is 106. The van der Waals surface area contributed by atoms with Crippen molar-refractivity contribution in [2.24, 2.45) is 7.05 Å². The van der Waals surface area contributed by atoms with Crippen molar-refractivity contribution in [2.75, 3.05) is 50.7 Å². The van der Waals surface area contributed by atoms with Gasteiger partial charge in [-0.1, -0.05) is 4.98 Å². The molecule has 39 nitrogen and oxygen atoms in total. The standard InChI is InChI=1S/C33H43N15O24P4/c1-45-10-48(25-15(45)27(53)44-32(36)42-25)29-18(51)19(62-2)12(68-29)4-65-74(56,57)71-76(60,61)72-75(58,59)66-6-33-5-63-20(30(69-33)46-8-39-13-22(34)37-7-38-23(13)46)21(33)70-73(54,55)64-3-11-16(49)17(50)28(67-11)47-9-40-14-24(47)41-31(35)43-26(14)52/h7-12,16-21,28-30,49-51H,3-6H2,1-2H3,(H11-,34,35,36,37,38,41,42,43,44,52,53,54,55,56,57,58,59,60,61)/p-3/t11-,12-,16+,17?,18+,19?,20?,21-,28-,29-,30-,33-/m1/s1. The zero-order chi connectivity index (χ0) is 54.6. The van der Waals surface area contributed by atoms with Gasteiger partial charge in [-0.15, -0.1) is 0 Å². The van der Waals surface area contributed by atoms with E-state index in [2.05, 4.69) is 53.0 Å². The number of imidazole rings is 3. The number of ether oxygens (including phenoxy) is 5. The van der Waals surface area contributed by atoms with Crippen molar-refractivity contribution in [1.29, 1.82) is 0 Å². The molecule has 4 aliphatic rings. The van der Waals surface area contributed by atoms with Crippen LogP contribution in [0.1, 0.15) is 18.7 Å². The summed E-state index contributed by atoms with van der Waals surface area (Å²) in [6, 6.07) is 0. The number of phosphoric acid groups is 4. The number of hydrogen-bond acceptors (Lipinski definition) is 33. The zero-order valence-corrected chi connectivity index (χ0v) is 42.0. The fourth-order valence-corrected chi connectivity index (χ4v) is 13.4. The molecule has 43 heteroatoms. The monoisotopic (exact) mass is 1150 g/mol. The van der Waals surface area contributed by atoms with Crippen molar-refractivity contribution in [1.82, 2.24) is 53.6 Å². The number of aliphatic hydroxyl groups excluding tert-OH is 3. The average Bonchev–Trinajstić information content (AvgIpc) is 4.23. The van der Waals surface area contributed by atoms with E-state index in [0.29, 0.717) is 0 Å². The van der Waals surface area contributed by atoms with Crippen LogP contribution < -0.4 is 52.5 Å². The van der Waals surface area contributed by atoms with Crippen LogP contribution in [0.3, 0.4) is 0 Å². The Labute approximate surface area is 420 Å². The van der Waals surface area contributed by atoms with Gasteiger partial charge in [-0.3, -0.25) is 51.5 Å². The number of nitrogens with zero attached hydrogens (tertiary/aromatic N) is 10. The number of methoxy groups -OCH3 is 1. The molecule has 2 bridgehead atoms. The maximum Gasteiger partial charge on any atom is 0.313 e. The van der Waals surface area contributed by atoms with Crippen LogP contribution in [0.5, 0.6) is 0 Å². The molecule has 10 heterocycles. The van der Waals surface area contributed by atoms with Crippen LogP contribution in [0.4, 0.5) is 17.7 Å². The molecular formula is C33H40N15O24P4-3. The first kappa shape index (κ1) is 54.2. The third kappa shape index (κ3) is 10.0. The molecule has 4 saturated heterocycles. The summed E-state index contributed by atoms with van der Waals surface area (Å²) in [5.74, 6) is -0.724. The largest absolute Gasteiger partial charge is 0.756 e. The highest BCUT2D eigenvalue weighted by Gasteiger charge is 2.65. The number of fused-ring (bicyclic) bond motifs is 5. The third-order valence-corrected chi connectivity index (χ3v) is 17.3. The Kier molecular flexibility index (Phi) is 14.0. The molecule has 16 atom stereocenters. The van der Waals surface area contributed by atoms with E-state index >= 15 is 0 Å². The maximum absolute atomic E-state index is 13.6. The summed E-state index contributed by atoms with van der Waals surface area (Å²) in [7, 11) is -22.2. The number of aromatic amines is 2. The molecule has 76 heavy (non-hydrogen) atoms. The van der Waals surface area contributed by atoms with Gasteiger partial charge < -0.3 is 93.9 Å². The minimum absolute atomic E-state index is 0.00172. The lowest BCUT2D eigenvalue weighted by Crippen LogP contribution is -2.46. The zero-order valence-electron chi connectivity index (χ0n) is 38.4. The number of aromatic nitrogens is 12. The van der Waals surface area contributed by atoms with Crippen LogP contribution in [0.15, 0.2) is 34.9 Å². The fourth-order valence-electron chi connectivity index (χ4n) is 8.98. The molecule has 0 spiro atoms. The summed E-state index contributed by atoms with van der Waals surface area (Å²) in [5.41, 5.74) is 13.1. The highest BCUT2D eigenvalue weighted by molar-refractivity contribution is 7.65. The van der Waals surface area contributed by atoms with E-state index in [1.807, 2.05) is 0 Å². The van der Waals surface area contributed by atoms with E-state index in [1.54, 1.807) is 0 Å². The van der Waals surface area contributed by atoms with E-state index < -0.39 is 142 Å². The highest BCUT2D eigenvalue weighted by atomic mass is 31.3. The van der Waals surface area contributed by atoms with Gasteiger partial charge in [0.1, 0.15) is 66.3 Å². The highest BCUT2D eigenvalue weighted by Crippen LogP contribution is 2.64. The van der Waals surface area contributed by atoms with Gasteiger partial charge in [-0.05, 0) is 0 Å². The second-order valence-electron chi connectivity index (χ2n) is 17.1. The van der Waals surface area contributed by atoms with Crippen LogP contribution in [-0.2, 0) is 75.7 Å². The van der Waals surface area contributed by atoms with Crippen molar-refractivity contribution in [2.45, 2.75) is 73.1 Å². The van der Waals surface area contributed by atoms with Gasteiger partial charge in [0, 0.05) is 7.11 Å². The van der Waals surface area contributed by atoms with Gasteiger partial charge in [0.2, 0.25) is 17.7 Å². The summed E-state index contributed by atoms with van der Waals surface area (Å²) >= 11 is 0. The van der Waals surface area contributed by atoms with Crippen molar-refractivity contribution >= 4 is 82.5 Å². The number of aliphatic hydroxyl groups is 3. The minimum Gasteiger partial charge on any atom is -0.756 e. The number of rotatable bonds is 19. The fraction of sp³-hybridized carbons (Fsp3) is 0.545. The van der Waals surface area contributed by atoms with Crippen molar-refractivity contribution in [3.05, 3.63) is 46.0 Å². The second-order valence-corrected chi connectivity index (χ2v) is 23.0. The molecule has 7 unspecified atom stereocenters. The van der Waals surface area contributed by atoms with Gasteiger partial charge in [0.15, 0.2) is 41.4 Å². The number of nitrogens with one attached hydrogen (secondary N) is 2. The van der Waals surface area contributed by atoms with E-state index in [0.717, 1.165) is 30.7 Å². The normalized spacial score (nSPS) is 31.8. The SMILES string of the molecule is COC1[C@@H](COP(=O)([O-])OP(=O)([O-])OP(=O)([O-])OC[C@@]23COC([C@H](n4cnc5c(N)ncnc54)O2)[C@H]3OP(=O)([O-])OC[C@H]2O[C@@H](n3cnc4c(=O)[nH]c(N)nc43)C(O)[C@H]2O)O[C@@H]([n+]2cn(C)c3c(=O)[nH]c(N)nc32)[C@H]1O. The van der Waals surface area contributed by atoms with Crippen LogP contribution in [-0.4, -0.2) is 157 Å². The molecule has 6 aromatic heterocycles. The van der Waals surface area contributed by atoms with Crippen LogP contribution in [0.25, 0.3) is 33.5 Å². The molecule has 0 aliphatic carbocycles. The first-order valence-corrected chi connectivity index (χ1v) is 27.4. The smallest absolute Gasteiger partial charge is 0.313 e. The van der Waals surface area contributed by atoms with E-state index in [4.69, 9.17) is 54.5 Å². The predicted molar refractivity (Wildman–Crippen MR) is 233 cm³/mol. The number of nitrogens with two attached hydrogens (primary N) is 3. The molecule has 414 valence electrons. The third-order valence-electron chi connectivity index (χ3n) is 12.2. The van der Waals surface area contributed by atoms with Crippen LogP contribution in [0.2, 0.25) is 0 Å². The number of hydrogen-bond donors (Lipinski definition) is 8. The molecule has 4 fully saturated rings. The lowest BCUT2D eigenvalue weighted by molar-refractivity contribution is -0.745. The number of H-pyrrole nitrogens is 2. The number of aryl methyl sites for hydroxylation is 1. The number of nitrogen functional groups attached to an aromatic ring is 3. The number of phosphoric ester groups is 3. The quantitative estimate of drug-likeness (QED) is 0.0276. The van der Waals surface area contributed by atoms with Gasteiger partial charge in [0.25, 0.3) is 48.4 Å². The van der Waals surface area contributed by atoms with Gasteiger partial charge >= 0.3 is 5.65 Å². The maximum atomic E-state index is 13.6.